The van der Waals surface area contributed by atoms with Gasteiger partial charge in [-0.2, -0.15) is 0 Å². The first-order valence-corrected chi connectivity index (χ1v) is 10.9. The van der Waals surface area contributed by atoms with Crippen LogP contribution in [0.25, 0.3) is 0 Å². The summed E-state index contributed by atoms with van der Waals surface area (Å²) in [6.45, 7) is -1.98. The molecule has 0 amide bonds. The molecule has 188 valence electrons. The number of carbonyl (C=O) groups is 1. The van der Waals surface area contributed by atoms with Gasteiger partial charge in [-0.05, 0) is 11.1 Å². The number of ether oxygens (including phenoxy) is 2. The average Bonchev–Trinajstić information content (AvgIpc) is 2.90. The van der Waals surface area contributed by atoms with Crippen molar-refractivity contribution in [3.63, 3.8) is 0 Å². The van der Waals surface area contributed by atoms with Crippen molar-refractivity contribution in [1.29, 1.82) is 0 Å². The molecule has 2 aromatic carbocycles. The molecule has 34 heavy (non-hydrogen) atoms. The molecule has 0 radical (unpaired) electrons. The summed E-state index contributed by atoms with van der Waals surface area (Å²) in [5.74, 6) is -0.153. The average molecular weight is 479 g/mol. The van der Waals surface area contributed by atoms with Gasteiger partial charge in [-0.3, -0.25) is 4.79 Å². The monoisotopic (exact) mass is 478 g/mol. The van der Waals surface area contributed by atoms with E-state index in [0.717, 1.165) is 11.1 Å². The fraction of sp³-hybridized carbons (Fsp3) is 0.480. The van der Waals surface area contributed by atoms with E-state index < -0.39 is 50.5 Å². The highest BCUT2D eigenvalue weighted by molar-refractivity contribution is 6.08. The Hall–Kier alpha value is -2.21. The van der Waals surface area contributed by atoms with Crippen molar-refractivity contribution in [2.24, 2.45) is 10.8 Å². The van der Waals surface area contributed by atoms with Gasteiger partial charge in [0.25, 0.3) is 0 Å². The molecular weight excluding hydrogens is 444 g/mol. The fourth-order valence-electron chi connectivity index (χ4n) is 3.02. The lowest BCUT2D eigenvalue weighted by molar-refractivity contribution is -0.0623. The van der Waals surface area contributed by atoms with Crippen LogP contribution in [0.4, 0.5) is 0 Å². The number of hydrogen-bond acceptors (Lipinski definition) is 9. The number of ketones is 1. The second-order valence-corrected chi connectivity index (χ2v) is 8.66. The Balaban J connectivity index is 1.90. The lowest BCUT2D eigenvalue weighted by atomic mass is 9.93. The summed E-state index contributed by atoms with van der Waals surface area (Å²) in [5.41, 5.74) is 0.427. The Labute approximate surface area is 198 Å². The van der Waals surface area contributed by atoms with Crippen LogP contribution in [0.3, 0.4) is 0 Å². The molecule has 0 aliphatic rings. The standard InChI is InChI=1S/C25H34O9/c26-11-24(12-27,13-28)17-33-9-19-1-5-21(6-2-19)23(32)22-7-3-20(4-8-22)10-34-18-25(14-29,15-30)16-31/h1-8,26-31H,9-18H2. The summed E-state index contributed by atoms with van der Waals surface area (Å²) in [6, 6.07) is 13.8. The first-order valence-electron chi connectivity index (χ1n) is 10.9. The Kier molecular flexibility index (Phi) is 11.2. The van der Waals surface area contributed by atoms with Crippen LogP contribution in [0.15, 0.2) is 48.5 Å². The van der Waals surface area contributed by atoms with Crippen molar-refractivity contribution >= 4 is 5.78 Å². The highest BCUT2D eigenvalue weighted by Gasteiger charge is 2.29. The van der Waals surface area contributed by atoms with Gasteiger partial charge in [-0.25, -0.2) is 0 Å². The van der Waals surface area contributed by atoms with Crippen LogP contribution in [-0.2, 0) is 22.7 Å². The van der Waals surface area contributed by atoms with Gasteiger partial charge in [0.1, 0.15) is 0 Å². The lowest BCUT2D eigenvalue weighted by Gasteiger charge is -2.26. The Bertz CT molecular complexity index is 769. The molecule has 0 aliphatic carbocycles. The van der Waals surface area contributed by atoms with E-state index in [-0.39, 0.29) is 32.2 Å². The minimum atomic E-state index is -1.09. The van der Waals surface area contributed by atoms with Gasteiger partial charge in [0.15, 0.2) is 5.78 Å². The van der Waals surface area contributed by atoms with E-state index in [9.17, 15) is 35.4 Å². The third kappa shape index (κ3) is 7.39. The topological polar surface area (TPSA) is 157 Å². The maximum Gasteiger partial charge on any atom is 0.193 e. The van der Waals surface area contributed by atoms with E-state index in [2.05, 4.69) is 0 Å². The van der Waals surface area contributed by atoms with Crippen molar-refractivity contribution < 1.29 is 44.9 Å². The molecule has 9 heteroatoms. The SMILES string of the molecule is O=C(c1ccc(COCC(CO)(CO)CO)cc1)c1ccc(COCC(CO)(CO)CO)cc1. The van der Waals surface area contributed by atoms with E-state index in [1.165, 1.54) is 0 Å². The molecule has 0 aliphatic heterocycles. The van der Waals surface area contributed by atoms with Crippen LogP contribution in [0.5, 0.6) is 0 Å². The zero-order valence-corrected chi connectivity index (χ0v) is 19.1. The highest BCUT2D eigenvalue weighted by Crippen LogP contribution is 2.19. The molecule has 9 nitrogen and oxygen atoms in total. The van der Waals surface area contributed by atoms with Crippen molar-refractivity contribution in [3.05, 3.63) is 70.8 Å². The number of benzene rings is 2. The molecule has 2 aromatic rings. The number of rotatable bonds is 16. The summed E-state index contributed by atoms with van der Waals surface area (Å²) < 4.78 is 11.0. The first kappa shape index (κ1) is 28.0. The largest absolute Gasteiger partial charge is 0.396 e. The van der Waals surface area contributed by atoms with Gasteiger partial charge in [0, 0.05) is 11.1 Å². The van der Waals surface area contributed by atoms with Crippen LogP contribution < -0.4 is 0 Å². The number of aliphatic hydroxyl groups is 6. The van der Waals surface area contributed by atoms with E-state index >= 15 is 0 Å². The summed E-state index contributed by atoms with van der Waals surface area (Å²) in [5, 5.41) is 56.0. The van der Waals surface area contributed by atoms with Gasteiger partial charge in [0.2, 0.25) is 0 Å². The number of aliphatic hydroxyl groups excluding tert-OH is 6. The van der Waals surface area contributed by atoms with Gasteiger partial charge in [-0.1, -0.05) is 48.5 Å². The molecule has 6 N–H and O–H groups in total. The second kappa shape index (κ2) is 13.6. The fourth-order valence-corrected chi connectivity index (χ4v) is 3.02. The van der Waals surface area contributed by atoms with Crippen LogP contribution >= 0.6 is 0 Å². The maximum absolute atomic E-state index is 12.8. The summed E-state index contributed by atoms with van der Waals surface area (Å²) >= 11 is 0. The summed E-state index contributed by atoms with van der Waals surface area (Å²) in [6.07, 6.45) is 0. The molecule has 2 rings (SSSR count). The van der Waals surface area contributed by atoms with Crippen LogP contribution in [0.1, 0.15) is 27.0 Å². The third-order valence-electron chi connectivity index (χ3n) is 5.80. The highest BCUT2D eigenvalue weighted by atomic mass is 16.5. The molecule has 0 bridgehead atoms. The molecule has 0 unspecified atom stereocenters. The number of carbonyl (C=O) groups excluding carboxylic acids is 1. The van der Waals surface area contributed by atoms with Gasteiger partial charge in [-0.15, -0.1) is 0 Å². The molecule has 0 fully saturated rings. The third-order valence-corrected chi connectivity index (χ3v) is 5.80. The zero-order chi connectivity index (χ0) is 25.0. The molecule has 0 saturated heterocycles. The summed E-state index contributed by atoms with van der Waals surface area (Å²) in [4.78, 5) is 12.8. The first-order chi connectivity index (χ1) is 16.4. The second-order valence-electron chi connectivity index (χ2n) is 8.66. The minimum Gasteiger partial charge on any atom is -0.396 e. The quantitative estimate of drug-likeness (QED) is 0.181. The molecule has 0 heterocycles. The van der Waals surface area contributed by atoms with E-state index in [4.69, 9.17) is 9.47 Å². The lowest BCUT2D eigenvalue weighted by Crippen LogP contribution is -2.38. The Morgan fingerprint density at radius 3 is 1.12 bits per heavy atom. The van der Waals surface area contributed by atoms with Crippen molar-refractivity contribution in [3.8, 4) is 0 Å². The van der Waals surface area contributed by atoms with Crippen LogP contribution in [0, 0.1) is 10.8 Å². The van der Waals surface area contributed by atoms with E-state index in [1.807, 2.05) is 0 Å². The zero-order valence-electron chi connectivity index (χ0n) is 19.1. The normalized spacial score (nSPS) is 12.2. The Morgan fingerprint density at radius 2 is 0.853 bits per heavy atom. The van der Waals surface area contributed by atoms with Crippen LogP contribution in [-0.4, -0.2) is 89.3 Å². The smallest absolute Gasteiger partial charge is 0.193 e. The minimum absolute atomic E-state index is 0.00572. The van der Waals surface area contributed by atoms with E-state index in [1.54, 1.807) is 48.5 Å². The molecular formula is C25H34O9. The van der Waals surface area contributed by atoms with Crippen LogP contribution in [0.2, 0.25) is 0 Å². The van der Waals surface area contributed by atoms with Gasteiger partial charge >= 0.3 is 0 Å². The van der Waals surface area contributed by atoms with Crippen molar-refractivity contribution in [2.75, 3.05) is 52.9 Å². The van der Waals surface area contributed by atoms with Crippen molar-refractivity contribution in [1.82, 2.24) is 0 Å². The predicted molar refractivity (Wildman–Crippen MR) is 123 cm³/mol. The molecule has 0 aromatic heterocycles. The maximum atomic E-state index is 12.8. The molecule has 0 saturated carbocycles. The van der Waals surface area contributed by atoms with Gasteiger partial charge in [0.05, 0.1) is 76.9 Å². The van der Waals surface area contributed by atoms with Gasteiger partial charge < -0.3 is 40.1 Å². The number of hydrogen-bond donors (Lipinski definition) is 6. The molecule has 0 atom stereocenters. The molecule has 0 spiro atoms. The predicted octanol–water partition coefficient (Wildman–Crippen LogP) is -0.123. The van der Waals surface area contributed by atoms with E-state index in [0.29, 0.717) is 11.1 Å². The van der Waals surface area contributed by atoms with Crippen molar-refractivity contribution in [2.45, 2.75) is 13.2 Å². The summed E-state index contributed by atoms with van der Waals surface area (Å²) in [7, 11) is 0. The Morgan fingerprint density at radius 1 is 0.559 bits per heavy atom.